The van der Waals surface area contributed by atoms with Crippen molar-refractivity contribution in [1.29, 1.82) is 0 Å². The van der Waals surface area contributed by atoms with Crippen molar-refractivity contribution in [2.75, 3.05) is 124 Å². The lowest BCUT2D eigenvalue weighted by Crippen LogP contribution is -2.53. The van der Waals surface area contributed by atoms with Gasteiger partial charge in [0.15, 0.2) is 0 Å². The number of rotatable bonds is 45. The Labute approximate surface area is 507 Å². The Bertz CT molecular complexity index is 2420. The number of nitro groups is 2. The van der Waals surface area contributed by atoms with Crippen molar-refractivity contribution in [3.8, 4) is 0 Å². The van der Waals surface area contributed by atoms with Gasteiger partial charge >= 0.3 is 30.0 Å². The van der Waals surface area contributed by atoms with Gasteiger partial charge in [-0.3, -0.25) is 34.6 Å². The van der Waals surface area contributed by atoms with Crippen LogP contribution in [0.25, 0.3) is 0 Å². The summed E-state index contributed by atoms with van der Waals surface area (Å²) in [7, 11) is 0. The normalized spacial score (nSPS) is 12.3. The van der Waals surface area contributed by atoms with Gasteiger partial charge in [-0.1, -0.05) is 0 Å². The van der Waals surface area contributed by atoms with E-state index in [0.717, 1.165) is 22.8 Å². The summed E-state index contributed by atoms with van der Waals surface area (Å²) in [6.45, 7) is 20.3. The Morgan fingerprint density at radius 3 is 1.54 bits per heavy atom. The molecule has 1 aromatic carbocycles. The van der Waals surface area contributed by atoms with Crippen LogP contribution in [-0.4, -0.2) is 209 Å². The average Bonchev–Trinajstić information content (AvgIpc) is 3.67. The quantitative estimate of drug-likeness (QED) is 0.0201. The third-order valence-corrected chi connectivity index (χ3v) is 11.0. The van der Waals surface area contributed by atoms with E-state index in [1.165, 1.54) is 12.5 Å². The number of carbonyl (C=O) groups excluding carboxylic acids is 7. The lowest BCUT2D eigenvalue weighted by Gasteiger charge is -2.27. The Kier molecular flexibility index (Phi) is 36.5. The van der Waals surface area contributed by atoms with E-state index in [1.807, 2.05) is 0 Å². The predicted octanol–water partition coefficient (Wildman–Crippen LogP) is 4.48. The molecule has 0 unspecified atom stereocenters. The minimum Gasteiger partial charge on any atom is -0.460 e. The van der Waals surface area contributed by atoms with Crippen LogP contribution in [0.15, 0.2) is 30.7 Å². The number of hydrogen-bond donors (Lipinski definition) is 5. The van der Waals surface area contributed by atoms with Gasteiger partial charge in [0.25, 0.3) is 11.4 Å². The Hall–Kier alpha value is -7.16. The molecule has 0 spiro atoms. The molecule has 31 nitrogen and oxygen atoms in total. The molecule has 492 valence electrons. The van der Waals surface area contributed by atoms with Crippen LogP contribution in [0.4, 0.5) is 26.7 Å². The molecule has 4 amide bonds. The van der Waals surface area contributed by atoms with Crippen molar-refractivity contribution >= 4 is 58.9 Å². The Morgan fingerprint density at radius 2 is 1.05 bits per heavy atom. The zero-order valence-corrected chi connectivity index (χ0v) is 51.7. The third-order valence-electron chi connectivity index (χ3n) is 11.0. The second-order valence-corrected chi connectivity index (χ2v) is 22.2. The van der Waals surface area contributed by atoms with Crippen molar-refractivity contribution in [3.05, 3.63) is 56.6 Å². The highest BCUT2D eigenvalue weighted by Crippen LogP contribution is 2.29. The zero-order valence-electron chi connectivity index (χ0n) is 51.7. The third kappa shape index (κ3) is 38.6. The number of non-ortho nitro benzene ring substituents is 1. The van der Waals surface area contributed by atoms with E-state index >= 15 is 0 Å². The number of aromatic nitrogens is 2. The van der Waals surface area contributed by atoms with E-state index < -0.39 is 86.0 Å². The number of unbranched alkanes of at least 4 members (excludes halogenated alkanes) is 1. The number of hydrogen-bond acceptors (Lipinski definition) is 24. The van der Waals surface area contributed by atoms with Gasteiger partial charge in [-0.2, -0.15) is 0 Å². The minimum atomic E-state index is -1.21. The molecule has 0 aliphatic rings. The van der Waals surface area contributed by atoms with Gasteiger partial charge in [0, 0.05) is 51.2 Å². The van der Waals surface area contributed by atoms with E-state index in [1.54, 1.807) is 62.3 Å². The van der Waals surface area contributed by atoms with Crippen molar-refractivity contribution < 1.29 is 95.5 Å². The zero-order chi connectivity index (χ0) is 64.7. The Balaban J connectivity index is 1.41. The fraction of sp³-hybridized carbons (Fsp3) is 0.714. The summed E-state index contributed by atoms with van der Waals surface area (Å²) in [4.78, 5) is 114. The summed E-state index contributed by atoms with van der Waals surface area (Å²) >= 11 is 0. The molecule has 0 fully saturated rings. The van der Waals surface area contributed by atoms with Gasteiger partial charge < -0.3 is 78.7 Å². The number of esters is 3. The molecule has 0 radical (unpaired) electrons. The van der Waals surface area contributed by atoms with Crippen molar-refractivity contribution in [1.82, 2.24) is 30.8 Å². The maximum Gasteiger partial charge on any atom is 0.419 e. The number of benzene rings is 1. The van der Waals surface area contributed by atoms with Crippen LogP contribution < -0.4 is 26.6 Å². The summed E-state index contributed by atoms with van der Waals surface area (Å²) in [6, 6.07) is -0.0458. The molecular weight excluding hydrogens is 1150 g/mol. The molecule has 87 heavy (non-hydrogen) atoms. The molecule has 2 atom stereocenters. The summed E-state index contributed by atoms with van der Waals surface area (Å²) in [5.74, 6) is -2.60. The minimum absolute atomic E-state index is 0.00912. The molecule has 1 heterocycles. The van der Waals surface area contributed by atoms with Gasteiger partial charge in [0.1, 0.15) is 47.5 Å². The molecule has 0 aliphatic heterocycles. The number of amides is 4. The Morgan fingerprint density at radius 1 is 0.563 bits per heavy atom. The fourth-order valence-electron chi connectivity index (χ4n) is 7.16. The highest BCUT2D eigenvalue weighted by atomic mass is 16.6. The first-order valence-corrected chi connectivity index (χ1v) is 28.8. The van der Waals surface area contributed by atoms with E-state index in [4.69, 9.17) is 52.1 Å². The van der Waals surface area contributed by atoms with Crippen LogP contribution in [-0.2, 0) is 82.5 Å². The first-order valence-electron chi connectivity index (χ1n) is 28.8. The molecule has 0 saturated heterocycles. The number of urea groups is 1. The number of imidazole rings is 1. The van der Waals surface area contributed by atoms with Crippen LogP contribution in [0, 0.1) is 20.2 Å². The van der Waals surface area contributed by atoms with Crippen molar-refractivity contribution in [3.63, 3.8) is 0 Å². The first kappa shape index (κ1) is 75.9. The SMILES string of the molecule is CC(C)(C)OC(=O)CC[C@H](NC(=O)N[C@@H](CCCCNC(=O)CCCOCCOCCOCCOCCOCCOCCOCCOC(=O)n1cnc(CCNC(=O)CNc2ccc([N+](=O)[O-])cc2[N+](=O)[O-])c1)C(=O)OC(C)(C)C)C(=O)OC(C)(C)C. The molecule has 0 bridgehead atoms. The highest BCUT2D eigenvalue weighted by Gasteiger charge is 2.32. The molecule has 31 heteroatoms. The molecule has 2 aromatic rings. The lowest BCUT2D eigenvalue weighted by molar-refractivity contribution is -0.393. The molecular formula is C56H91N9O22. The van der Waals surface area contributed by atoms with E-state index in [-0.39, 0.29) is 76.6 Å². The number of nitro benzene ring substituents is 2. The number of nitrogens with one attached hydrogen (secondary N) is 5. The molecule has 1 aromatic heterocycles. The summed E-state index contributed by atoms with van der Waals surface area (Å²) in [5, 5.41) is 35.4. The van der Waals surface area contributed by atoms with Crippen LogP contribution in [0.3, 0.4) is 0 Å². The smallest absolute Gasteiger partial charge is 0.419 e. The van der Waals surface area contributed by atoms with Crippen LogP contribution in [0.5, 0.6) is 0 Å². The second-order valence-electron chi connectivity index (χ2n) is 22.2. The first-order chi connectivity index (χ1) is 41.1. The molecule has 2 rings (SSSR count). The van der Waals surface area contributed by atoms with E-state index in [0.29, 0.717) is 111 Å². The average molecular weight is 1240 g/mol. The lowest BCUT2D eigenvalue weighted by atomic mass is 10.1. The number of ether oxygens (including phenoxy) is 11. The van der Waals surface area contributed by atoms with Gasteiger partial charge in [0.05, 0.1) is 114 Å². The van der Waals surface area contributed by atoms with Crippen LogP contribution >= 0.6 is 0 Å². The maximum absolute atomic E-state index is 13.2. The van der Waals surface area contributed by atoms with Crippen molar-refractivity contribution in [2.24, 2.45) is 0 Å². The van der Waals surface area contributed by atoms with Crippen LogP contribution in [0.1, 0.15) is 113 Å². The van der Waals surface area contributed by atoms with Gasteiger partial charge in [-0.05, 0) is 100 Å². The van der Waals surface area contributed by atoms with Crippen molar-refractivity contribution in [2.45, 2.75) is 143 Å². The topological polar surface area (TPSA) is 385 Å². The molecule has 0 saturated carbocycles. The number of nitrogens with zero attached hydrogens (tertiary/aromatic N) is 4. The second kappa shape index (κ2) is 41.8. The molecule has 5 N–H and O–H groups in total. The van der Waals surface area contributed by atoms with E-state index in [9.17, 15) is 53.8 Å². The largest absolute Gasteiger partial charge is 0.460 e. The van der Waals surface area contributed by atoms with E-state index in [2.05, 4.69) is 31.6 Å². The number of anilines is 1. The van der Waals surface area contributed by atoms with Gasteiger partial charge in [0.2, 0.25) is 11.8 Å². The number of carbonyl (C=O) groups is 7. The highest BCUT2D eigenvalue weighted by molar-refractivity contribution is 5.88. The monoisotopic (exact) mass is 1240 g/mol. The summed E-state index contributed by atoms with van der Waals surface area (Å²) in [6.07, 6.45) is 3.98. The maximum atomic E-state index is 13.2. The standard InChI is InChI=1S/C56H91N9O22/c1-54(2,3)85-49(68)18-17-45(51(70)87-56(7,8)9)62-52(71)61-44(50(69)86-55(4,5)6)13-10-11-20-57-47(66)14-12-22-77-23-24-78-25-26-79-27-28-80-29-30-81-31-32-82-33-34-83-35-36-84-53(72)63-39-41(60-40-63)19-21-58-48(67)38-59-43-16-15-42(64(73)74)37-46(43)65(75)76/h15-16,37,39-40,44-45,59H,10-14,17-36,38H2,1-9H3,(H,57,66)(H,58,67)(H2,61,62,71)/t44-,45-/m0/s1. The summed E-state index contributed by atoms with van der Waals surface area (Å²) in [5.41, 5.74) is -2.98. The van der Waals surface area contributed by atoms with Gasteiger partial charge in [-0.25, -0.2) is 28.7 Å². The molecule has 0 aliphatic carbocycles. The fourth-order valence-corrected chi connectivity index (χ4v) is 7.16. The van der Waals surface area contributed by atoms with Crippen LogP contribution in [0.2, 0.25) is 0 Å². The van der Waals surface area contributed by atoms with Gasteiger partial charge in [-0.15, -0.1) is 0 Å². The summed E-state index contributed by atoms with van der Waals surface area (Å²) < 4.78 is 61.2. The predicted molar refractivity (Wildman–Crippen MR) is 312 cm³/mol.